The van der Waals surface area contributed by atoms with Crippen LogP contribution in [0.5, 0.6) is 0 Å². The maximum Gasteiger partial charge on any atom is 0.218 e. The van der Waals surface area contributed by atoms with E-state index in [0.717, 1.165) is 6.07 Å². The van der Waals surface area contributed by atoms with Gasteiger partial charge in [-0.05, 0) is 18.2 Å². The summed E-state index contributed by atoms with van der Waals surface area (Å²) in [5.74, 6) is -0.584. The molecule has 0 aromatic heterocycles. The highest BCUT2D eigenvalue weighted by Crippen LogP contribution is 2.40. The predicted octanol–water partition coefficient (Wildman–Crippen LogP) is 4.31. The third-order valence-electron chi connectivity index (χ3n) is 1.23. The van der Waals surface area contributed by atoms with Crippen molar-refractivity contribution in [3.8, 4) is 0 Å². The zero-order chi connectivity index (χ0) is 9.35. The molecule has 0 bridgehead atoms. The maximum atomic E-state index is 13.0. The molecule has 0 saturated heterocycles. The molecule has 66 valence electrons. The smallest absolute Gasteiger partial charge is 0.207 e. The third-order valence-corrected chi connectivity index (χ3v) is 2.08. The molecule has 1 aromatic carbocycles. The summed E-state index contributed by atoms with van der Waals surface area (Å²) in [6, 6.07) is 3.82. The normalized spacial score (nSPS) is 11.8. The predicted molar refractivity (Wildman–Crippen MR) is 50.6 cm³/mol. The average Bonchev–Trinajstić information content (AvgIpc) is 1.92. The van der Waals surface area contributed by atoms with Gasteiger partial charge in [-0.2, -0.15) is 0 Å². The fraction of sp³-hybridized carbons (Fsp3) is 0.143. The van der Waals surface area contributed by atoms with Crippen molar-refractivity contribution in [3.63, 3.8) is 0 Å². The van der Waals surface area contributed by atoms with Crippen molar-refractivity contribution < 1.29 is 4.39 Å². The fourth-order valence-electron chi connectivity index (χ4n) is 0.715. The van der Waals surface area contributed by atoms with Crippen LogP contribution in [0.15, 0.2) is 18.2 Å². The summed E-state index contributed by atoms with van der Waals surface area (Å²) in [5.41, 5.74) is -0.0417. The van der Waals surface area contributed by atoms with Gasteiger partial charge < -0.3 is 0 Å². The van der Waals surface area contributed by atoms with Gasteiger partial charge in [-0.1, -0.05) is 46.4 Å². The van der Waals surface area contributed by atoms with Crippen LogP contribution in [0.3, 0.4) is 0 Å². The minimum Gasteiger partial charge on any atom is -0.207 e. The molecular formula is C7H3Cl4F. The van der Waals surface area contributed by atoms with Crippen LogP contribution in [0.4, 0.5) is 4.39 Å². The molecule has 0 radical (unpaired) electrons. The molecule has 0 fully saturated rings. The third kappa shape index (κ3) is 2.40. The van der Waals surface area contributed by atoms with Crippen LogP contribution in [0.2, 0.25) is 5.02 Å². The van der Waals surface area contributed by atoms with E-state index in [-0.39, 0.29) is 5.56 Å². The molecule has 12 heavy (non-hydrogen) atoms. The Kier molecular flexibility index (Phi) is 3.11. The SMILES string of the molecule is Fc1ccc(Cl)cc1C(Cl)(Cl)Cl. The monoisotopic (exact) mass is 246 g/mol. The Labute approximate surface area is 89.2 Å². The molecule has 5 heteroatoms. The van der Waals surface area contributed by atoms with E-state index in [1.54, 1.807) is 0 Å². The molecule has 0 heterocycles. The molecule has 1 rings (SSSR count). The first-order chi connectivity index (χ1) is 5.41. The van der Waals surface area contributed by atoms with Crippen LogP contribution in [0, 0.1) is 5.82 Å². The first-order valence-electron chi connectivity index (χ1n) is 2.93. The fourth-order valence-corrected chi connectivity index (χ4v) is 1.32. The molecule has 0 atom stereocenters. The first-order valence-corrected chi connectivity index (χ1v) is 4.44. The van der Waals surface area contributed by atoms with Crippen LogP contribution >= 0.6 is 46.4 Å². The number of halogens is 5. The lowest BCUT2D eigenvalue weighted by molar-refractivity contribution is 0.613. The van der Waals surface area contributed by atoms with Gasteiger partial charge in [-0.15, -0.1) is 0 Å². The van der Waals surface area contributed by atoms with Gasteiger partial charge in [0, 0.05) is 10.6 Å². The van der Waals surface area contributed by atoms with Crippen LogP contribution < -0.4 is 0 Å². The standard InChI is InChI=1S/C7H3Cl4F/c8-4-1-2-6(12)5(3-4)7(9,10)11/h1-3H. The lowest BCUT2D eigenvalue weighted by Crippen LogP contribution is -2.03. The highest BCUT2D eigenvalue weighted by atomic mass is 35.6. The summed E-state index contributed by atoms with van der Waals surface area (Å²) < 4.78 is 11.2. The van der Waals surface area contributed by atoms with Crippen molar-refractivity contribution in [3.05, 3.63) is 34.6 Å². The molecule has 0 saturated carbocycles. The Balaban J connectivity index is 3.23. The van der Waals surface area contributed by atoms with Gasteiger partial charge in [0.25, 0.3) is 0 Å². The Bertz CT molecular complexity index is 292. The van der Waals surface area contributed by atoms with Gasteiger partial charge in [0.15, 0.2) is 0 Å². The Morgan fingerprint density at radius 1 is 1.17 bits per heavy atom. The van der Waals surface area contributed by atoms with E-state index in [1.807, 2.05) is 0 Å². The van der Waals surface area contributed by atoms with Gasteiger partial charge in [-0.3, -0.25) is 0 Å². The van der Waals surface area contributed by atoms with Crippen molar-refractivity contribution >= 4 is 46.4 Å². The van der Waals surface area contributed by atoms with Gasteiger partial charge >= 0.3 is 0 Å². The summed E-state index contributed by atoms with van der Waals surface area (Å²) in [4.78, 5) is 0. The molecule has 0 unspecified atom stereocenters. The summed E-state index contributed by atoms with van der Waals surface area (Å²) in [6.45, 7) is 0. The lowest BCUT2D eigenvalue weighted by atomic mass is 10.2. The van der Waals surface area contributed by atoms with Gasteiger partial charge in [0.05, 0.1) is 0 Å². The summed E-state index contributed by atoms with van der Waals surface area (Å²) in [5, 5.41) is 0.331. The number of benzene rings is 1. The second-order valence-corrected chi connectivity index (χ2v) is 4.84. The van der Waals surface area contributed by atoms with E-state index in [9.17, 15) is 4.39 Å². The van der Waals surface area contributed by atoms with Crippen LogP contribution in [-0.2, 0) is 3.79 Å². The topological polar surface area (TPSA) is 0 Å². The number of rotatable bonds is 0. The number of alkyl halides is 3. The molecule has 0 nitrogen and oxygen atoms in total. The van der Waals surface area contributed by atoms with Crippen LogP contribution in [-0.4, -0.2) is 0 Å². The average molecular weight is 248 g/mol. The lowest BCUT2D eigenvalue weighted by Gasteiger charge is -2.11. The second kappa shape index (κ2) is 3.59. The van der Waals surface area contributed by atoms with Crippen molar-refractivity contribution in [2.24, 2.45) is 0 Å². The molecule has 0 aliphatic carbocycles. The van der Waals surface area contributed by atoms with E-state index >= 15 is 0 Å². The minimum absolute atomic E-state index is 0.0417. The molecule has 0 N–H and O–H groups in total. The largest absolute Gasteiger partial charge is 0.218 e. The summed E-state index contributed by atoms with van der Waals surface area (Å²) >= 11 is 22.0. The van der Waals surface area contributed by atoms with Crippen molar-refractivity contribution in [1.82, 2.24) is 0 Å². The molecule has 0 spiro atoms. The summed E-state index contributed by atoms with van der Waals surface area (Å²) in [7, 11) is 0. The highest BCUT2D eigenvalue weighted by molar-refractivity contribution is 6.66. The first kappa shape index (κ1) is 10.4. The molecule has 0 aliphatic rings. The van der Waals surface area contributed by atoms with Gasteiger partial charge in [-0.25, -0.2) is 4.39 Å². The molecule has 0 aliphatic heterocycles. The van der Waals surface area contributed by atoms with E-state index in [4.69, 9.17) is 46.4 Å². The molecular weight excluding hydrogens is 245 g/mol. The molecule has 0 amide bonds. The van der Waals surface area contributed by atoms with Gasteiger partial charge in [0.1, 0.15) is 5.82 Å². The van der Waals surface area contributed by atoms with Crippen LogP contribution in [0.25, 0.3) is 0 Å². The Morgan fingerprint density at radius 3 is 2.17 bits per heavy atom. The van der Waals surface area contributed by atoms with E-state index in [0.29, 0.717) is 5.02 Å². The van der Waals surface area contributed by atoms with Crippen molar-refractivity contribution in [2.45, 2.75) is 3.79 Å². The molecule has 1 aromatic rings. The van der Waals surface area contributed by atoms with Crippen molar-refractivity contribution in [1.29, 1.82) is 0 Å². The van der Waals surface area contributed by atoms with Crippen LogP contribution in [0.1, 0.15) is 5.56 Å². The Morgan fingerprint density at radius 2 is 1.75 bits per heavy atom. The van der Waals surface area contributed by atoms with E-state index in [1.165, 1.54) is 12.1 Å². The van der Waals surface area contributed by atoms with E-state index < -0.39 is 9.61 Å². The number of hydrogen-bond acceptors (Lipinski definition) is 0. The quantitative estimate of drug-likeness (QED) is 0.600. The van der Waals surface area contributed by atoms with Gasteiger partial charge in [0.2, 0.25) is 3.79 Å². The Hall–Kier alpha value is 0.310. The highest BCUT2D eigenvalue weighted by Gasteiger charge is 2.26. The number of hydrogen-bond donors (Lipinski definition) is 0. The second-order valence-electron chi connectivity index (χ2n) is 2.12. The van der Waals surface area contributed by atoms with Crippen molar-refractivity contribution in [2.75, 3.05) is 0 Å². The zero-order valence-electron chi connectivity index (χ0n) is 5.62. The zero-order valence-corrected chi connectivity index (χ0v) is 8.65. The minimum atomic E-state index is -1.77. The van der Waals surface area contributed by atoms with E-state index in [2.05, 4.69) is 0 Å². The maximum absolute atomic E-state index is 13.0. The summed E-state index contributed by atoms with van der Waals surface area (Å²) in [6.07, 6.45) is 0.